The average Bonchev–Trinajstić information content (AvgIpc) is 2.55. The topological polar surface area (TPSA) is 92.5 Å². The Labute approximate surface area is 157 Å². The molecule has 2 aromatic rings. The fourth-order valence-electron chi connectivity index (χ4n) is 3.73. The van der Waals surface area contributed by atoms with Crippen molar-refractivity contribution in [2.75, 3.05) is 6.54 Å². The standard InChI is InChI=1S/C10H22N2.2C6H6O/c1-9(2)4-8(12)5-10(3,6-9)7-11;2*7-6-4-2-1-3-5-6/h8H,4-7,11-12H2,1-3H3;2*1-5,7H. The molecule has 1 fully saturated rings. The van der Waals surface area contributed by atoms with Crippen LogP contribution < -0.4 is 11.5 Å². The van der Waals surface area contributed by atoms with Gasteiger partial charge >= 0.3 is 0 Å². The highest BCUT2D eigenvalue weighted by Gasteiger charge is 2.38. The molecule has 0 bridgehead atoms. The number of phenols is 2. The van der Waals surface area contributed by atoms with Crippen LogP contribution in [0.25, 0.3) is 0 Å². The van der Waals surface area contributed by atoms with Gasteiger partial charge in [0.25, 0.3) is 0 Å². The fraction of sp³-hybridized carbons (Fsp3) is 0.455. The van der Waals surface area contributed by atoms with Gasteiger partial charge in [-0.05, 0) is 60.9 Å². The van der Waals surface area contributed by atoms with E-state index in [9.17, 15) is 0 Å². The highest BCUT2D eigenvalue weighted by molar-refractivity contribution is 5.19. The second kappa shape index (κ2) is 10.2. The molecule has 6 N–H and O–H groups in total. The molecule has 26 heavy (non-hydrogen) atoms. The van der Waals surface area contributed by atoms with Crippen LogP contribution in [0.1, 0.15) is 40.0 Å². The predicted molar refractivity (Wildman–Crippen MR) is 109 cm³/mol. The van der Waals surface area contributed by atoms with Crippen LogP contribution in [-0.4, -0.2) is 22.8 Å². The Balaban J connectivity index is 0.000000207. The Morgan fingerprint density at radius 3 is 1.54 bits per heavy atom. The van der Waals surface area contributed by atoms with Gasteiger partial charge in [-0.2, -0.15) is 0 Å². The third kappa shape index (κ3) is 8.88. The maximum absolute atomic E-state index is 8.63. The Bertz CT molecular complexity index is 579. The molecular weight excluding hydrogens is 324 g/mol. The van der Waals surface area contributed by atoms with Crippen molar-refractivity contribution in [3.05, 3.63) is 60.7 Å². The third-order valence-corrected chi connectivity index (χ3v) is 4.48. The summed E-state index contributed by atoms with van der Waals surface area (Å²) in [6.45, 7) is 7.61. The SMILES string of the molecule is CC1(C)CC(N)CC(C)(CN)C1.Oc1ccccc1.Oc1ccccc1. The molecule has 1 aliphatic rings. The second-order valence-electron chi connectivity index (χ2n) is 8.20. The number of hydrogen-bond acceptors (Lipinski definition) is 4. The quantitative estimate of drug-likeness (QED) is 0.612. The van der Waals surface area contributed by atoms with Crippen molar-refractivity contribution in [1.29, 1.82) is 0 Å². The summed E-state index contributed by atoms with van der Waals surface area (Å²) in [7, 11) is 0. The summed E-state index contributed by atoms with van der Waals surface area (Å²) in [6.07, 6.45) is 3.44. The van der Waals surface area contributed by atoms with E-state index >= 15 is 0 Å². The van der Waals surface area contributed by atoms with Crippen molar-refractivity contribution in [3.8, 4) is 11.5 Å². The third-order valence-electron chi connectivity index (χ3n) is 4.48. The summed E-state index contributed by atoms with van der Waals surface area (Å²) in [6, 6.07) is 17.8. The van der Waals surface area contributed by atoms with Crippen LogP contribution in [0.3, 0.4) is 0 Å². The Morgan fingerprint density at radius 1 is 0.846 bits per heavy atom. The van der Waals surface area contributed by atoms with Crippen LogP contribution in [-0.2, 0) is 0 Å². The van der Waals surface area contributed by atoms with Crippen molar-refractivity contribution in [1.82, 2.24) is 0 Å². The van der Waals surface area contributed by atoms with E-state index < -0.39 is 0 Å². The molecule has 0 heterocycles. The van der Waals surface area contributed by atoms with Gasteiger partial charge in [0.05, 0.1) is 0 Å². The van der Waals surface area contributed by atoms with Gasteiger partial charge in [0.2, 0.25) is 0 Å². The zero-order valence-electron chi connectivity index (χ0n) is 16.2. The lowest BCUT2D eigenvalue weighted by atomic mass is 9.63. The molecule has 2 atom stereocenters. The molecule has 144 valence electrons. The van der Waals surface area contributed by atoms with Gasteiger partial charge < -0.3 is 21.7 Å². The molecule has 1 aliphatic carbocycles. The van der Waals surface area contributed by atoms with Crippen LogP contribution in [0, 0.1) is 10.8 Å². The summed E-state index contributed by atoms with van der Waals surface area (Å²) < 4.78 is 0. The molecule has 2 aromatic carbocycles. The van der Waals surface area contributed by atoms with E-state index in [1.54, 1.807) is 48.5 Å². The summed E-state index contributed by atoms with van der Waals surface area (Å²) in [5, 5.41) is 17.3. The monoisotopic (exact) mass is 358 g/mol. The first kappa shape index (κ1) is 22.0. The van der Waals surface area contributed by atoms with Gasteiger partial charge in [-0.1, -0.05) is 57.2 Å². The van der Waals surface area contributed by atoms with Crippen LogP contribution in [0.2, 0.25) is 0 Å². The van der Waals surface area contributed by atoms with E-state index in [0.717, 1.165) is 19.4 Å². The number of aromatic hydroxyl groups is 2. The number of rotatable bonds is 1. The van der Waals surface area contributed by atoms with Gasteiger partial charge in [-0.15, -0.1) is 0 Å². The van der Waals surface area contributed by atoms with Crippen LogP contribution >= 0.6 is 0 Å². The molecule has 0 aliphatic heterocycles. The molecule has 1 saturated carbocycles. The Hall–Kier alpha value is -2.04. The lowest BCUT2D eigenvalue weighted by Crippen LogP contribution is -2.45. The van der Waals surface area contributed by atoms with Crippen molar-refractivity contribution in [3.63, 3.8) is 0 Å². The lowest BCUT2D eigenvalue weighted by Gasteiger charge is -2.45. The number of phenolic OH excluding ortho intramolecular Hbond substituents is 2. The first-order chi connectivity index (χ1) is 12.2. The van der Waals surface area contributed by atoms with Crippen molar-refractivity contribution in [2.24, 2.45) is 22.3 Å². The van der Waals surface area contributed by atoms with E-state index in [2.05, 4.69) is 20.8 Å². The highest BCUT2D eigenvalue weighted by Crippen LogP contribution is 2.44. The summed E-state index contributed by atoms with van der Waals surface area (Å²) >= 11 is 0. The minimum absolute atomic E-state index is 0.279. The highest BCUT2D eigenvalue weighted by atomic mass is 16.3. The zero-order chi connectivity index (χ0) is 19.6. The molecule has 0 spiro atoms. The van der Waals surface area contributed by atoms with Crippen LogP contribution in [0.15, 0.2) is 60.7 Å². The number of para-hydroxylation sites is 2. The Kier molecular flexibility index (Phi) is 8.62. The average molecular weight is 359 g/mol. The lowest BCUT2D eigenvalue weighted by molar-refractivity contribution is 0.0904. The minimum atomic E-state index is 0.279. The van der Waals surface area contributed by atoms with E-state index in [-0.39, 0.29) is 5.41 Å². The number of hydrogen-bond donors (Lipinski definition) is 4. The zero-order valence-corrected chi connectivity index (χ0v) is 16.2. The molecule has 4 heteroatoms. The van der Waals surface area contributed by atoms with Crippen molar-refractivity contribution >= 4 is 0 Å². The van der Waals surface area contributed by atoms with Gasteiger partial charge in [0.15, 0.2) is 0 Å². The van der Waals surface area contributed by atoms with Crippen LogP contribution in [0.5, 0.6) is 11.5 Å². The van der Waals surface area contributed by atoms with E-state index in [4.69, 9.17) is 21.7 Å². The summed E-state index contributed by atoms with van der Waals surface area (Å²) in [4.78, 5) is 0. The smallest absolute Gasteiger partial charge is 0.115 e. The van der Waals surface area contributed by atoms with Gasteiger partial charge in [0.1, 0.15) is 11.5 Å². The maximum Gasteiger partial charge on any atom is 0.115 e. The number of benzene rings is 2. The number of nitrogens with two attached hydrogens (primary N) is 2. The van der Waals surface area contributed by atoms with Crippen molar-refractivity contribution in [2.45, 2.75) is 46.1 Å². The largest absolute Gasteiger partial charge is 0.508 e. The normalized spacial score (nSPS) is 23.7. The molecule has 2 unspecified atom stereocenters. The summed E-state index contributed by atoms with van der Waals surface area (Å²) in [5.41, 5.74) is 12.4. The molecular formula is C22H34N2O2. The fourth-order valence-corrected chi connectivity index (χ4v) is 3.73. The molecule has 4 nitrogen and oxygen atoms in total. The van der Waals surface area contributed by atoms with E-state index in [1.165, 1.54) is 6.42 Å². The van der Waals surface area contributed by atoms with Gasteiger partial charge in [-0.25, -0.2) is 0 Å². The first-order valence-electron chi connectivity index (χ1n) is 9.09. The van der Waals surface area contributed by atoms with Gasteiger partial charge in [-0.3, -0.25) is 0 Å². The molecule has 0 saturated heterocycles. The van der Waals surface area contributed by atoms with Crippen LogP contribution in [0.4, 0.5) is 0 Å². The molecule has 0 aromatic heterocycles. The molecule has 3 rings (SSSR count). The Morgan fingerprint density at radius 2 is 1.27 bits per heavy atom. The van der Waals surface area contributed by atoms with Gasteiger partial charge in [0, 0.05) is 6.04 Å². The van der Waals surface area contributed by atoms with E-state index in [0.29, 0.717) is 23.0 Å². The molecule has 0 radical (unpaired) electrons. The molecule has 0 amide bonds. The first-order valence-corrected chi connectivity index (χ1v) is 9.09. The predicted octanol–water partition coefficient (Wildman–Crippen LogP) is 4.27. The second-order valence-corrected chi connectivity index (χ2v) is 8.20. The minimum Gasteiger partial charge on any atom is -0.508 e. The maximum atomic E-state index is 8.63. The summed E-state index contributed by atoms with van der Waals surface area (Å²) in [5.74, 6) is 0.644. The van der Waals surface area contributed by atoms with E-state index in [1.807, 2.05) is 12.1 Å². The van der Waals surface area contributed by atoms with Crippen molar-refractivity contribution < 1.29 is 10.2 Å².